The van der Waals surface area contributed by atoms with Crippen molar-refractivity contribution in [3.05, 3.63) is 34.6 Å². The van der Waals surface area contributed by atoms with Crippen molar-refractivity contribution < 1.29 is 19.1 Å². The number of aliphatic hydroxyl groups excluding tert-OH is 1. The molecule has 5 nitrogen and oxygen atoms in total. The van der Waals surface area contributed by atoms with E-state index in [0.29, 0.717) is 25.9 Å². The Morgan fingerprint density at radius 1 is 1.32 bits per heavy atom. The summed E-state index contributed by atoms with van der Waals surface area (Å²) >= 11 is 6.00. The molecule has 0 unspecified atom stereocenters. The Kier molecular flexibility index (Phi) is 5.29. The van der Waals surface area contributed by atoms with E-state index in [-0.39, 0.29) is 46.7 Å². The first-order valence-corrected chi connectivity index (χ1v) is 8.88. The maximum atomic E-state index is 13.9. The van der Waals surface area contributed by atoms with Crippen molar-refractivity contribution in [2.24, 2.45) is 11.8 Å². The van der Waals surface area contributed by atoms with E-state index in [1.54, 1.807) is 11.0 Å². The summed E-state index contributed by atoms with van der Waals surface area (Å²) in [5, 5.41) is 13.3. The monoisotopic (exact) mass is 368 g/mol. The molecule has 1 saturated heterocycles. The fourth-order valence-electron chi connectivity index (χ4n) is 4.01. The van der Waals surface area contributed by atoms with Gasteiger partial charge in [-0.05, 0) is 36.8 Å². The lowest BCUT2D eigenvalue weighted by atomic mass is 9.77. The summed E-state index contributed by atoms with van der Waals surface area (Å²) in [7, 11) is 0. The molecule has 1 aromatic rings. The van der Waals surface area contributed by atoms with E-state index < -0.39 is 11.9 Å². The molecule has 1 heterocycles. The number of benzene rings is 1. The summed E-state index contributed by atoms with van der Waals surface area (Å²) in [6, 6.07) is 4.12. The Morgan fingerprint density at radius 3 is 2.64 bits per heavy atom. The average Bonchev–Trinajstić information content (AvgIpc) is 2.93. The number of nitrogens with zero attached hydrogens (tertiary/aromatic N) is 1. The van der Waals surface area contributed by atoms with Gasteiger partial charge in [-0.2, -0.15) is 0 Å². The molecule has 136 valence electrons. The number of fused-ring (bicyclic) bond motifs is 1. The first kappa shape index (κ1) is 18.1. The van der Waals surface area contributed by atoms with Crippen LogP contribution in [0.1, 0.15) is 25.3 Å². The maximum absolute atomic E-state index is 13.9. The molecule has 0 radical (unpaired) electrons. The molecule has 1 aliphatic carbocycles. The largest absolute Gasteiger partial charge is 0.391 e. The molecule has 25 heavy (non-hydrogen) atoms. The third kappa shape index (κ3) is 3.96. The van der Waals surface area contributed by atoms with Crippen LogP contribution in [0.25, 0.3) is 0 Å². The topological polar surface area (TPSA) is 69.6 Å². The molecule has 1 saturated carbocycles. The fraction of sp³-hybridized carbons (Fsp3) is 0.556. The van der Waals surface area contributed by atoms with Crippen molar-refractivity contribution >= 4 is 23.4 Å². The first-order valence-electron chi connectivity index (χ1n) is 8.51. The molecule has 2 fully saturated rings. The van der Waals surface area contributed by atoms with E-state index in [1.165, 1.54) is 19.1 Å². The number of likely N-dealkylation sites (tertiary alicyclic amines) is 1. The van der Waals surface area contributed by atoms with E-state index in [9.17, 15) is 19.1 Å². The van der Waals surface area contributed by atoms with Crippen LogP contribution in [-0.4, -0.2) is 47.1 Å². The average molecular weight is 369 g/mol. The van der Waals surface area contributed by atoms with Crippen molar-refractivity contribution in [1.82, 2.24) is 10.2 Å². The first-order chi connectivity index (χ1) is 11.8. The number of amides is 2. The number of carbonyl (C=O) groups is 2. The van der Waals surface area contributed by atoms with Gasteiger partial charge < -0.3 is 15.3 Å². The van der Waals surface area contributed by atoms with Gasteiger partial charge in [-0.3, -0.25) is 9.59 Å². The SMILES string of the molecule is CC(=O)N[C@@H]1C[C@@H]2CN(C(=O)Cc3c(F)cccc3Cl)C[C@@H]2C[C@H]1O. The lowest BCUT2D eigenvalue weighted by Crippen LogP contribution is -2.48. The predicted octanol–water partition coefficient (Wildman–Crippen LogP) is 1.76. The highest BCUT2D eigenvalue weighted by Crippen LogP contribution is 2.37. The van der Waals surface area contributed by atoms with Crippen molar-refractivity contribution in [3.8, 4) is 0 Å². The van der Waals surface area contributed by atoms with Gasteiger partial charge in [-0.25, -0.2) is 4.39 Å². The molecule has 2 N–H and O–H groups in total. The normalized spacial score (nSPS) is 28.6. The molecule has 0 aromatic heterocycles. The third-order valence-electron chi connectivity index (χ3n) is 5.27. The lowest BCUT2D eigenvalue weighted by molar-refractivity contribution is -0.129. The van der Waals surface area contributed by atoms with Gasteiger partial charge in [0.15, 0.2) is 0 Å². The van der Waals surface area contributed by atoms with Crippen molar-refractivity contribution in [1.29, 1.82) is 0 Å². The van der Waals surface area contributed by atoms with Gasteiger partial charge in [0.2, 0.25) is 11.8 Å². The van der Waals surface area contributed by atoms with Crippen LogP contribution in [0.5, 0.6) is 0 Å². The van der Waals surface area contributed by atoms with Crippen LogP contribution in [0.2, 0.25) is 5.02 Å². The van der Waals surface area contributed by atoms with E-state index >= 15 is 0 Å². The summed E-state index contributed by atoms with van der Waals surface area (Å²) < 4.78 is 13.9. The van der Waals surface area contributed by atoms with Crippen LogP contribution in [0.4, 0.5) is 4.39 Å². The number of nitrogens with one attached hydrogen (secondary N) is 1. The molecule has 0 spiro atoms. The van der Waals surface area contributed by atoms with Crippen LogP contribution >= 0.6 is 11.6 Å². The van der Waals surface area contributed by atoms with E-state index in [2.05, 4.69) is 5.32 Å². The Labute approximate surface area is 151 Å². The van der Waals surface area contributed by atoms with Gasteiger partial charge in [-0.15, -0.1) is 0 Å². The molecule has 2 aliphatic rings. The van der Waals surface area contributed by atoms with Crippen molar-refractivity contribution in [3.63, 3.8) is 0 Å². The minimum atomic E-state index is -0.596. The Hall–Kier alpha value is -1.66. The number of aliphatic hydroxyl groups is 1. The van der Waals surface area contributed by atoms with Crippen LogP contribution in [0.15, 0.2) is 18.2 Å². The van der Waals surface area contributed by atoms with Gasteiger partial charge in [-0.1, -0.05) is 17.7 Å². The molecular formula is C18H22ClFN2O3. The zero-order valence-electron chi connectivity index (χ0n) is 14.0. The highest BCUT2D eigenvalue weighted by molar-refractivity contribution is 6.31. The summed E-state index contributed by atoms with van der Waals surface area (Å²) in [6.07, 6.45) is 0.541. The molecule has 1 aliphatic heterocycles. The van der Waals surface area contributed by atoms with E-state index in [4.69, 9.17) is 11.6 Å². The molecule has 2 amide bonds. The van der Waals surface area contributed by atoms with Gasteiger partial charge in [0.1, 0.15) is 5.82 Å². The Bertz CT molecular complexity index is 664. The molecule has 3 rings (SSSR count). The number of carbonyl (C=O) groups excluding carboxylic acids is 2. The second-order valence-corrected chi connectivity index (χ2v) is 7.45. The van der Waals surface area contributed by atoms with Crippen LogP contribution in [0, 0.1) is 17.7 Å². The van der Waals surface area contributed by atoms with Gasteiger partial charge in [0, 0.05) is 30.6 Å². The standard InChI is InChI=1S/C18H22ClFN2O3/c1-10(23)21-16-5-11-8-22(9-12(11)6-17(16)24)18(25)7-13-14(19)3-2-4-15(13)20/h2-4,11-12,16-17,24H,5-9H2,1H3,(H,21,23)/t11-,12+,16-,17-/m1/s1. The highest BCUT2D eigenvalue weighted by Gasteiger charge is 2.43. The number of hydrogen-bond acceptors (Lipinski definition) is 3. The molecule has 0 bridgehead atoms. The number of halogens is 2. The zero-order chi connectivity index (χ0) is 18.1. The smallest absolute Gasteiger partial charge is 0.227 e. The van der Waals surface area contributed by atoms with E-state index in [0.717, 1.165) is 0 Å². The van der Waals surface area contributed by atoms with Crippen LogP contribution in [-0.2, 0) is 16.0 Å². The van der Waals surface area contributed by atoms with Crippen LogP contribution < -0.4 is 5.32 Å². The van der Waals surface area contributed by atoms with Crippen molar-refractivity contribution in [2.45, 2.75) is 38.3 Å². The van der Waals surface area contributed by atoms with Gasteiger partial charge in [0.25, 0.3) is 0 Å². The summed E-state index contributed by atoms with van der Waals surface area (Å²) in [6.45, 7) is 2.55. The Morgan fingerprint density at radius 2 is 2.00 bits per heavy atom. The summed E-state index contributed by atoms with van der Waals surface area (Å²) in [5.74, 6) is -0.353. The third-order valence-corrected chi connectivity index (χ3v) is 5.63. The molecule has 4 atom stereocenters. The molecule has 1 aromatic carbocycles. The van der Waals surface area contributed by atoms with Gasteiger partial charge in [0.05, 0.1) is 18.6 Å². The second-order valence-electron chi connectivity index (χ2n) is 7.04. The zero-order valence-corrected chi connectivity index (χ0v) is 14.8. The summed E-state index contributed by atoms with van der Waals surface area (Å²) in [5.41, 5.74) is 0.222. The minimum Gasteiger partial charge on any atom is -0.391 e. The molecule has 7 heteroatoms. The van der Waals surface area contributed by atoms with E-state index in [1.807, 2.05) is 0 Å². The maximum Gasteiger partial charge on any atom is 0.227 e. The number of hydrogen-bond donors (Lipinski definition) is 2. The summed E-state index contributed by atoms with van der Waals surface area (Å²) in [4.78, 5) is 25.5. The quantitative estimate of drug-likeness (QED) is 0.854. The second kappa shape index (κ2) is 7.30. The van der Waals surface area contributed by atoms with Gasteiger partial charge >= 0.3 is 0 Å². The predicted molar refractivity (Wildman–Crippen MR) is 91.5 cm³/mol. The van der Waals surface area contributed by atoms with Crippen molar-refractivity contribution in [2.75, 3.05) is 13.1 Å². The highest BCUT2D eigenvalue weighted by atomic mass is 35.5. The lowest BCUT2D eigenvalue weighted by Gasteiger charge is -2.35. The molecular weight excluding hydrogens is 347 g/mol. The Balaban J connectivity index is 1.64. The number of rotatable bonds is 3. The van der Waals surface area contributed by atoms with Crippen LogP contribution in [0.3, 0.4) is 0 Å². The fourth-order valence-corrected chi connectivity index (χ4v) is 4.24. The minimum absolute atomic E-state index is 0.0668.